The minimum Gasteiger partial charge on any atom is -0.349 e. The molecule has 3 nitrogen and oxygen atoms in total. The smallest absolute Gasteiger partial charge is 0.142 e. The number of piperazine rings is 1. The molecule has 3 heterocycles. The molecule has 1 fully saturated rings. The van der Waals surface area contributed by atoms with Gasteiger partial charge in [-0.1, -0.05) is 6.92 Å². The second kappa shape index (κ2) is 4.26. The van der Waals surface area contributed by atoms with Crippen LogP contribution in [0.15, 0.2) is 23.2 Å². The number of fused-ring (bicyclic) bond motifs is 3. The van der Waals surface area contributed by atoms with Crippen LogP contribution in [-0.2, 0) is 0 Å². The summed E-state index contributed by atoms with van der Waals surface area (Å²) in [5.74, 6) is 2.41. The fraction of sp³-hybridized carbons (Fsp3) is 0.583. The molecule has 2 aliphatic heterocycles. The van der Waals surface area contributed by atoms with Gasteiger partial charge in [-0.15, -0.1) is 11.8 Å². The Hall–Kier alpha value is -0.740. The molecule has 0 bridgehead atoms. The van der Waals surface area contributed by atoms with Gasteiger partial charge in [0.1, 0.15) is 5.82 Å². The van der Waals surface area contributed by atoms with E-state index in [1.807, 2.05) is 24.0 Å². The maximum Gasteiger partial charge on any atom is 0.142 e. The van der Waals surface area contributed by atoms with Crippen LogP contribution in [0.25, 0.3) is 0 Å². The lowest BCUT2D eigenvalue weighted by Crippen LogP contribution is -2.55. The molecule has 1 aromatic heterocycles. The van der Waals surface area contributed by atoms with Crippen LogP contribution in [0.4, 0.5) is 5.82 Å². The zero-order chi connectivity index (χ0) is 11.0. The summed E-state index contributed by atoms with van der Waals surface area (Å²) >= 11 is 1.96. The zero-order valence-corrected chi connectivity index (χ0v) is 10.4. The minimum absolute atomic E-state index is 0.654. The maximum absolute atomic E-state index is 4.54. The number of rotatable bonds is 1. The summed E-state index contributed by atoms with van der Waals surface area (Å²) in [6, 6.07) is 4.88. The van der Waals surface area contributed by atoms with E-state index in [9.17, 15) is 0 Å². The second-order valence-corrected chi connectivity index (χ2v) is 5.44. The predicted octanol–water partition coefficient (Wildman–Crippen LogP) is 1.70. The predicted molar refractivity (Wildman–Crippen MR) is 68.2 cm³/mol. The summed E-state index contributed by atoms with van der Waals surface area (Å²) in [6.07, 6.45) is 1.91. The Morgan fingerprint density at radius 2 is 2.44 bits per heavy atom. The van der Waals surface area contributed by atoms with Gasteiger partial charge in [-0.05, 0) is 18.7 Å². The minimum atomic E-state index is 0.654. The fourth-order valence-electron chi connectivity index (χ4n) is 2.52. The van der Waals surface area contributed by atoms with Gasteiger partial charge < -0.3 is 4.90 Å². The Morgan fingerprint density at radius 1 is 1.50 bits per heavy atom. The van der Waals surface area contributed by atoms with Crippen molar-refractivity contribution < 1.29 is 0 Å². The highest BCUT2D eigenvalue weighted by Gasteiger charge is 2.32. The van der Waals surface area contributed by atoms with E-state index in [1.54, 1.807) is 0 Å². The highest BCUT2D eigenvalue weighted by molar-refractivity contribution is 7.99. The number of anilines is 1. The van der Waals surface area contributed by atoms with Gasteiger partial charge in [-0.2, -0.15) is 0 Å². The normalized spacial score (nSPS) is 25.1. The molecule has 0 unspecified atom stereocenters. The van der Waals surface area contributed by atoms with Gasteiger partial charge in [0.25, 0.3) is 0 Å². The third-order valence-corrected chi connectivity index (χ3v) is 4.65. The topological polar surface area (TPSA) is 19.4 Å². The van der Waals surface area contributed by atoms with E-state index in [4.69, 9.17) is 0 Å². The van der Waals surface area contributed by atoms with Crippen molar-refractivity contribution in [2.45, 2.75) is 17.9 Å². The fourth-order valence-corrected chi connectivity index (χ4v) is 3.66. The summed E-state index contributed by atoms with van der Waals surface area (Å²) in [7, 11) is 0. The van der Waals surface area contributed by atoms with Crippen molar-refractivity contribution in [1.29, 1.82) is 0 Å². The molecule has 4 heteroatoms. The van der Waals surface area contributed by atoms with Crippen LogP contribution in [0.5, 0.6) is 0 Å². The third kappa shape index (κ3) is 1.70. The molecule has 1 saturated heterocycles. The first-order valence-corrected chi connectivity index (χ1v) is 6.94. The van der Waals surface area contributed by atoms with Crippen molar-refractivity contribution in [3.8, 4) is 0 Å². The molecule has 0 spiro atoms. The lowest BCUT2D eigenvalue weighted by molar-refractivity contribution is 0.239. The van der Waals surface area contributed by atoms with Gasteiger partial charge in [-0.25, -0.2) is 4.98 Å². The molecule has 0 N–H and O–H groups in total. The van der Waals surface area contributed by atoms with Gasteiger partial charge in [0.15, 0.2) is 0 Å². The largest absolute Gasteiger partial charge is 0.349 e. The molecule has 1 atom stereocenters. The summed E-state index contributed by atoms with van der Waals surface area (Å²) in [5, 5.41) is 0. The van der Waals surface area contributed by atoms with Gasteiger partial charge in [-0.3, -0.25) is 4.90 Å². The maximum atomic E-state index is 4.54. The first kappa shape index (κ1) is 10.4. The molecule has 2 aliphatic rings. The molecular weight excluding hydrogens is 218 g/mol. The summed E-state index contributed by atoms with van der Waals surface area (Å²) in [6.45, 7) is 6.91. The second-order valence-electron chi connectivity index (χ2n) is 4.38. The number of nitrogens with zero attached hydrogens (tertiary/aromatic N) is 3. The number of hydrogen-bond donors (Lipinski definition) is 0. The van der Waals surface area contributed by atoms with E-state index >= 15 is 0 Å². The van der Waals surface area contributed by atoms with Crippen molar-refractivity contribution in [3.63, 3.8) is 0 Å². The molecule has 0 saturated carbocycles. The van der Waals surface area contributed by atoms with E-state index in [0.717, 1.165) is 6.54 Å². The first-order valence-electron chi connectivity index (χ1n) is 5.95. The highest BCUT2D eigenvalue weighted by atomic mass is 32.2. The Balaban J connectivity index is 1.86. The van der Waals surface area contributed by atoms with E-state index < -0.39 is 0 Å². The third-order valence-electron chi connectivity index (χ3n) is 3.47. The summed E-state index contributed by atoms with van der Waals surface area (Å²) < 4.78 is 0. The van der Waals surface area contributed by atoms with E-state index in [2.05, 4.69) is 27.8 Å². The molecule has 0 amide bonds. The Morgan fingerprint density at radius 3 is 3.31 bits per heavy atom. The van der Waals surface area contributed by atoms with E-state index in [0.29, 0.717) is 6.04 Å². The van der Waals surface area contributed by atoms with Crippen LogP contribution in [0.3, 0.4) is 0 Å². The number of pyridine rings is 1. The van der Waals surface area contributed by atoms with Gasteiger partial charge in [0.05, 0.1) is 10.9 Å². The van der Waals surface area contributed by atoms with Gasteiger partial charge in [0, 0.05) is 31.6 Å². The van der Waals surface area contributed by atoms with Crippen molar-refractivity contribution >= 4 is 17.6 Å². The summed E-state index contributed by atoms with van der Waals surface area (Å²) in [5.41, 5.74) is 0. The van der Waals surface area contributed by atoms with Crippen LogP contribution < -0.4 is 4.90 Å². The average molecular weight is 235 g/mol. The molecule has 16 heavy (non-hydrogen) atoms. The lowest BCUT2D eigenvalue weighted by Gasteiger charge is -2.44. The van der Waals surface area contributed by atoms with E-state index in [-0.39, 0.29) is 0 Å². The number of likely N-dealkylation sites (N-methyl/N-ethyl adjacent to an activating group) is 1. The van der Waals surface area contributed by atoms with Crippen molar-refractivity contribution in [1.82, 2.24) is 9.88 Å². The Kier molecular flexibility index (Phi) is 2.77. The SMILES string of the molecule is CCN1CCN2c3ncccc3SC[C@H]2C1. The molecule has 3 rings (SSSR count). The van der Waals surface area contributed by atoms with Crippen LogP contribution in [0.1, 0.15) is 6.92 Å². The van der Waals surface area contributed by atoms with Gasteiger partial charge in [0.2, 0.25) is 0 Å². The quantitative estimate of drug-likeness (QED) is 0.737. The van der Waals surface area contributed by atoms with Crippen molar-refractivity contribution in [2.24, 2.45) is 0 Å². The standard InChI is InChI=1S/C12H17N3S/c1-2-14-6-7-15-10(8-14)9-16-11-4-3-5-13-12(11)15/h3-5,10H,2,6-9H2,1H3/t10-/m1/s1. The molecule has 1 aromatic rings. The van der Waals surface area contributed by atoms with Crippen molar-refractivity contribution in [2.75, 3.05) is 36.8 Å². The zero-order valence-electron chi connectivity index (χ0n) is 9.59. The number of hydrogen-bond acceptors (Lipinski definition) is 4. The van der Waals surface area contributed by atoms with Crippen LogP contribution in [-0.4, -0.2) is 47.9 Å². The first-order chi connectivity index (χ1) is 7.88. The van der Waals surface area contributed by atoms with E-state index in [1.165, 1.54) is 36.1 Å². The summed E-state index contributed by atoms with van der Waals surface area (Å²) in [4.78, 5) is 10.9. The Labute approximate surface area is 101 Å². The molecule has 0 radical (unpaired) electrons. The molecule has 0 aromatic carbocycles. The molecule has 0 aliphatic carbocycles. The highest BCUT2D eigenvalue weighted by Crippen LogP contribution is 2.36. The average Bonchev–Trinajstić information content (AvgIpc) is 2.38. The van der Waals surface area contributed by atoms with Crippen molar-refractivity contribution in [3.05, 3.63) is 18.3 Å². The number of aromatic nitrogens is 1. The van der Waals surface area contributed by atoms with Crippen LogP contribution >= 0.6 is 11.8 Å². The van der Waals surface area contributed by atoms with Crippen LogP contribution in [0.2, 0.25) is 0 Å². The lowest BCUT2D eigenvalue weighted by atomic mass is 10.2. The Bertz CT molecular complexity index is 382. The van der Waals surface area contributed by atoms with Crippen LogP contribution in [0, 0.1) is 0 Å². The number of thioether (sulfide) groups is 1. The molecular formula is C12H17N3S. The monoisotopic (exact) mass is 235 g/mol. The molecule has 86 valence electrons. The van der Waals surface area contributed by atoms with Gasteiger partial charge >= 0.3 is 0 Å².